The van der Waals surface area contributed by atoms with E-state index in [0.29, 0.717) is 16.8 Å². The maximum atomic E-state index is 11.1. The average molecular weight is 179 g/mol. The second kappa shape index (κ2) is 3.47. The summed E-state index contributed by atoms with van der Waals surface area (Å²) < 4.78 is 0.672. The van der Waals surface area contributed by atoms with Gasteiger partial charge >= 0.3 is 0 Å². The normalized spacial score (nSPS) is 10.0. The first-order chi connectivity index (χ1) is 6.07. The van der Waals surface area contributed by atoms with E-state index < -0.39 is 0 Å². The van der Waals surface area contributed by atoms with Gasteiger partial charge in [-0.15, -0.1) is 6.58 Å². The lowest BCUT2D eigenvalue weighted by atomic mass is 10.1. The minimum absolute atomic E-state index is 0.386. The van der Waals surface area contributed by atoms with Crippen molar-refractivity contribution in [1.29, 1.82) is 0 Å². The largest absolute Gasteiger partial charge is 0.425 e. The monoisotopic (exact) mass is 179 g/mol. The van der Waals surface area contributed by atoms with Crippen molar-refractivity contribution in [2.24, 2.45) is 0 Å². The minimum atomic E-state index is -0.386. The molecule has 0 fully saturated rings. The molecule has 3 nitrogen and oxygen atoms in total. The first-order valence-electron chi connectivity index (χ1n) is 4.10. The van der Waals surface area contributed by atoms with Gasteiger partial charge in [0.05, 0.1) is 5.69 Å². The first kappa shape index (κ1) is 9.58. The van der Waals surface area contributed by atoms with Gasteiger partial charge in [-0.3, -0.25) is 4.79 Å². The van der Waals surface area contributed by atoms with Gasteiger partial charge in [0.25, 0.3) is 5.56 Å². The highest BCUT2D eigenvalue weighted by molar-refractivity contribution is 5.30. The van der Waals surface area contributed by atoms with Gasteiger partial charge in [0.2, 0.25) is 0 Å². The maximum Gasteiger partial charge on any atom is 0.283 e. The topological polar surface area (TPSA) is 42.2 Å². The van der Waals surface area contributed by atoms with Gasteiger partial charge in [0.15, 0.2) is 0 Å². The molecule has 1 aromatic heterocycles. The molecule has 1 N–H and O–H groups in total. The number of aryl methyl sites for hydroxylation is 1. The average Bonchev–Trinajstić information content (AvgIpc) is 2.09. The molecule has 0 aliphatic carbocycles. The Morgan fingerprint density at radius 1 is 1.62 bits per heavy atom. The van der Waals surface area contributed by atoms with Crippen LogP contribution in [0.4, 0.5) is 0 Å². The SMILES string of the molecule is C=CCc1c(C)cc(=O)n(O)c1C. The lowest BCUT2D eigenvalue weighted by molar-refractivity contribution is 0.167. The molecule has 1 aromatic rings. The van der Waals surface area contributed by atoms with Crippen LogP contribution in [0.3, 0.4) is 0 Å². The molecule has 1 heterocycles. The predicted octanol–water partition coefficient (Wildman–Crippen LogP) is 1.43. The van der Waals surface area contributed by atoms with Crippen molar-refractivity contribution in [3.8, 4) is 0 Å². The van der Waals surface area contributed by atoms with Crippen LogP contribution < -0.4 is 5.56 Å². The summed E-state index contributed by atoms with van der Waals surface area (Å²) in [6.45, 7) is 7.19. The quantitative estimate of drug-likeness (QED) is 0.551. The Balaban J connectivity index is 3.43. The van der Waals surface area contributed by atoms with Gasteiger partial charge in [0.1, 0.15) is 0 Å². The highest BCUT2D eigenvalue weighted by Crippen LogP contribution is 2.10. The third-order valence-corrected chi connectivity index (χ3v) is 2.13. The van der Waals surface area contributed by atoms with E-state index in [1.807, 2.05) is 6.92 Å². The molecule has 0 aromatic carbocycles. The van der Waals surface area contributed by atoms with Crippen molar-refractivity contribution in [2.45, 2.75) is 20.3 Å². The molecule has 0 amide bonds. The molecule has 0 saturated heterocycles. The fourth-order valence-corrected chi connectivity index (χ4v) is 1.36. The van der Waals surface area contributed by atoms with Gasteiger partial charge in [-0.05, 0) is 31.4 Å². The van der Waals surface area contributed by atoms with Crippen LogP contribution in [0.15, 0.2) is 23.5 Å². The highest BCUT2D eigenvalue weighted by Gasteiger charge is 2.06. The van der Waals surface area contributed by atoms with Crippen LogP contribution in [-0.4, -0.2) is 9.94 Å². The first-order valence-corrected chi connectivity index (χ1v) is 4.10. The lowest BCUT2D eigenvalue weighted by Gasteiger charge is -2.09. The van der Waals surface area contributed by atoms with E-state index in [0.717, 1.165) is 11.1 Å². The summed E-state index contributed by atoms with van der Waals surface area (Å²) in [6.07, 6.45) is 2.41. The molecule has 70 valence electrons. The van der Waals surface area contributed by atoms with Gasteiger partial charge in [0, 0.05) is 6.07 Å². The van der Waals surface area contributed by atoms with Crippen molar-refractivity contribution in [1.82, 2.24) is 4.73 Å². The second-order valence-electron chi connectivity index (χ2n) is 3.03. The summed E-state index contributed by atoms with van der Waals surface area (Å²) in [5.74, 6) is 0. The number of hydrogen-bond donors (Lipinski definition) is 1. The zero-order valence-electron chi connectivity index (χ0n) is 7.87. The molecule has 0 spiro atoms. The number of allylic oxidation sites excluding steroid dienone is 1. The number of hydrogen-bond acceptors (Lipinski definition) is 2. The summed E-state index contributed by atoms with van der Waals surface area (Å²) in [4.78, 5) is 11.1. The van der Waals surface area contributed by atoms with Crippen LogP contribution in [0.2, 0.25) is 0 Å². The van der Waals surface area contributed by atoms with Gasteiger partial charge in [-0.2, -0.15) is 4.73 Å². The van der Waals surface area contributed by atoms with Crippen LogP contribution in [0.1, 0.15) is 16.8 Å². The molecule has 0 aliphatic rings. The van der Waals surface area contributed by atoms with Gasteiger partial charge < -0.3 is 5.21 Å². The number of nitrogens with zero attached hydrogens (tertiary/aromatic N) is 1. The zero-order chi connectivity index (χ0) is 10.0. The Kier molecular flexibility index (Phi) is 2.56. The van der Waals surface area contributed by atoms with Crippen LogP contribution >= 0.6 is 0 Å². The van der Waals surface area contributed by atoms with Gasteiger partial charge in [-0.25, -0.2) is 0 Å². The van der Waals surface area contributed by atoms with Crippen molar-refractivity contribution >= 4 is 0 Å². The van der Waals surface area contributed by atoms with E-state index in [4.69, 9.17) is 0 Å². The van der Waals surface area contributed by atoms with Crippen LogP contribution in [0.25, 0.3) is 0 Å². The van der Waals surface area contributed by atoms with Gasteiger partial charge in [-0.1, -0.05) is 6.08 Å². The lowest BCUT2D eigenvalue weighted by Crippen LogP contribution is -2.21. The predicted molar refractivity (Wildman–Crippen MR) is 51.3 cm³/mol. The molecule has 0 aliphatic heterocycles. The standard InChI is InChI=1S/C10H13NO2/c1-4-5-9-7(2)6-10(12)11(13)8(9)3/h4,6,13H,1,5H2,2-3H3. The summed E-state index contributed by atoms with van der Waals surface area (Å²) in [7, 11) is 0. The van der Waals surface area contributed by atoms with E-state index in [9.17, 15) is 10.0 Å². The molecular weight excluding hydrogens is 166 g/mol. The molecule has 0 bridgehead atoms. The fourth-order valence-electron chi connectivity index (χ4n) is 1.36. The van der Waals surface area contributed by atoms with E-state index in [-0.39, 0.29) is 5.56 Å². The number of rotatable bonds is 2. The number of aromatic nitrogens is 1. The smallest absolute Gasteiger partial charge is 0.283 e. The fraction of sp³-hybridized carbons (Fsp3) is 0.300. The third-order valence-electron chi connectivity index (χ3n) is 2.13. The summed E-state index contributed by atoms with van der Waals surface area (Å²) >= 11 is 0. The molecular formula is C10H13NO2. The number of pyridine rings is 1. The summed E-state index contributed by atoms with van der Waals surface area (Å²) in [5.41, 5.74) is 2.05. The van der Waals surface area contributed by atoms with Crippen LogP contribution in [0.5, 0.6) is 0 Å². The van der Waals surface area contributed by atoms with Crippen LogP contribution in [-0.2, 0) is 6.42 Å². The Hall–Kier alpha value is -1.51. The van der Waals surface area contributed by atoms with Crippen molar-refractivity contribution in [3.63, 3.8) is 0 Å². The van der Waals surface area contributed by atoms with Crippen LogP contribution in [0, 0.1) is 13.8 Å². The van der Waals surface area contributed by atoms with E-state index >= 15 is 0 Å². The third kappa shape index (κ3) is 1.64. The maximum absolute atomic E-state index is 11.1. The molecule has 0 atom stereocenters. The Labute approximate surface area is 76.9 Å². The van der Waals surface area contributed by atoms with E-state index in [1.165, 1.54) is 6.07 Å². The zero-order valence-corrected chi connectivity index (χ0v) is 7.87. The minimum Gasteiger partial charge on any atom is -0.425 e. The van der Waals surface area contributed by atoms with Crippen molar-refractivity contribution in [2.75, 3.05) is 0 Å². The Morgan fingerprint density at radius 2 is 2.23 bits per heavy atom. The van der Waals surface area contributed by atoms with E-state index in [1.54, 1.807) is 13.0 Å². The summed E-state index contributed by atoms with van der Waals surface area (Å²) in [5, 5.41) is 9.31. The highest BCUT2D eigenvalue weighted by atomic mass is 16.5. The van der Waals surface area contributed by atoms with Crippen molar-refractivity contribution in [3.05, 3.63) is 45.9 Å². The Bertz CT molecular complexity index is 391. The molecule has 3 heteroatoms. The van der Waals surface area contributed by atoms with Crippen molar-refractivity contribution < 1.29 is 5.21 Å². The van der Waals surface area contributed by atoms with E-state index in [2.05, 4.69) is 6.58 Å². The molecule has 0 saturated carbocycles. The molecule has 0 radical (unpaired) electrons. The molecule has 1 rings (SSSR count). The Morgan fingerprint density at radius 3 is 2.77 bits per heavy atom. The molecule has 0 unspecified atom stereocenters. The molecule has 13 heavy (non-hydrogen) atoms. The summed E-state index contributed by atoms with van der Waals surface area (Å²) in [6, 6.07) is 1.42. The second-order valence-corrected chi connectivity index (χ2v) is 3.03.